The van der Waals surface area contributed by atoms with Crippen LogP contribution < -0.4 is 22.1 Å². The van der Waals surface area contributed by atoms with Gasteiger partial charge in [0, 0.05) is 0 Å². The molecule has 0 bridgehead atoms. The SMILES string of the molecule is CC1(N)Nc2cccc(N)c2N1. The van der Waals surface area contributed by atoms with Gasteiger partial charge in [-0.05, 0) is 19.1 Å². The van der Waals surface area contributed by atoms with Crippen LogP contribution in [-0.4, -0.2) is 5.79 Å². The van der Waals surface area contributed by atoms with Gasteiger partial charge in [0.25, 0.3) is 0 Å². The molecular formula is C8H12N4. The lowest BCUT2D eigenvalue weighted by Crippen LogP contribution is -2.47. The zero-order chi connectivity index (χ0) is 8.77. The minimum Gasteiger partial charge on any atom is -0.397 e. The largest absolute Gasteiger partial charge is 0.397 e. The smallest absolute Gasteiger partial charge is 0.158 e. The van der Waals surface area contributed by atoms with E-state index in [0.29, 0.717) is 5.69 Å². The summed E-state index contributed by atoms with van der Waals surface area (Å²) in [7, 11) is 0. The van der Waals surface area contributed by atoms with E-state index in [9.17, 15) is 0 Å². The summed E-state index contributed by atoms with van der Waals surface area (Å²) >= 11 is 0. The van der Waals surface area contributed by atoms with Crippen molar-refractivity contribution in [1.82, 2.24) is 0 Å². The van der Waals surface area contributed by atoms with Crippen molar-refractivity contribution in [3.63, 3.8) is 0 Å². The second-order valence-electron chi connectivity index (χ2n) is 3.22. The predicted octanol–water partition coefficient (Wildman–Crippen LogP) is 0.739. The fraction of sp³-hybridized carbons (Fsp3) is 0.250. The molecule has 1 atom stereocenters. The summed E-state index contributed by atoms with van der Waals surface area (Å²) in [6, 6.07) is 5.68. The molecule has 12 heavy (non-hydrogen) atoms. The van der Waals surface area contributed by atoms with Crippen molar-refractivity contribution < 1.29 is 0 Å². The Morgan fingerprint density at radius 2 is 2.08 bits per heavy atom. The Morgan fingerprint density at radius 1 is 1.33 bits per heavy atom. The van der Waals surface area contributed by atoms with Crippen LogP contribution in [0.2, 0.25) is 0 Å². The van der Waals surface area contributed by atoms with Crippen molar-refractivity contribution in [2.24, 2.45) is 5.73 Å². The van der Waals surface area contributed by atoms with Crippen LogP contribution in [0.4, 0.5) is 17.1 Å². The Balaban J connectivity index is 2.48. The van der Waals surface area contributed by atoms with Gasteiger partial charge < -0.3 is 16.4 Å². The molecule has 64 valence electrons. The number of rotatable bonds is 0. The highest BCUT2D eigenvalue weighted by atomic mass is 15.3. The fourth-order valence-electron chi connectivity index (χ4n) is 1.38. The molecule has 0 aromatic heterocycles. The summed E-state index contributed by atoms with van der Waals surface area (Å²) in [4.78, 5) is 0. The zero-order valence-corrected chi connectivity index (χ0v) is 6.89. The van der Waals surface area contributed by atoms with Gasteiger partial charge in [-0.25, -0.2) is 0 Å². The average Bonchev–Trinajstić information content (AvgIpc) is 2.25. The summed E-state index contributed by atoms with van der Waals surface area (Å²) in [6.07, 6.45) is 0. The van der Waals surface area contributed by atoms with Crippen LogP contribution in [0.1, 0.15) is 6.92 Å². The molecule has 1 aliphatic heterocycles. The maximum atomic E-state index is 5.82. The molecule has 0 saturated heterocycles. The third-order valence-electron chi connectivity index (χ3n) is 1.88. The highest BCUT2D eigenvalue weighted by Gasteiger charge is 2.27. The number of nitrogens with one attached hydrogen (secondary N) is 2. The minimum absolute atomic E-state index is 0.586. The first kappa shape index (κ1) is 7.24. The Bertz CT molecular complexity index is 319. The maximum absolute atomic E-state index is 5.82. The molecule has 1 aliphatic rings. The van der Waals surface area contributed by atoms with Crippen LogP contribution in [0.5, 0.6) is 0 Å². The van der Waals surface area contributed by atoms with Crippen molar-refractivity contribution in [3.8, 4) is 0 Å². The van der Waals surface area contributed by atoms with Crippen LogP contribution in [0, 0.1) is 0 Å². The quantitative estimate of drug-likeness (QED) is 0.426. The molecule has 6 N–H and O–H groups in total. The van der Waals surface area contributed by atoms with E-state index < -0.39 is 5.79 Å². The van der Waals surface area contributed by atoms with Crippen LogP contribution >= 0.6 is 0 Å². The van der Waals surface area contributed by atoms with E-state index in [1.54, 1.807) is 0 Å². The summed E-state index contributed by atoms with van der Waals surface area (Å²) in [5.41, 5.74) is 14.1. The average molecular weight is 164 g/mol. The van der Waals surface area contributed by atoms with Gasteiger partial charge in [0.15, 0.2) is 5.79 Å². The molecule has 0 saturated carbocycles. The number of anilines is 3. The van der Waals surface area contributed by atoms with E-state index in [2.05, 4.69) is 10.6 Å². The number of hydrogen-bond donors (Lipinski definition) is 4. The fourth-order valence-corrected chi connectivity index (χ4v) is 1.38. The molecular weight excluding hydrogens is 152 g/mol. The van der Waals surface area contributed by atoms with Gasteiger partial charge in [-0.15, -0.1) is 0 Å². The molecule has 0 fully saturated rings. The third-order valence-corrected chi connectivity index (χ3v) is 1.88. The Morgan fingerprint density at radius 3 is 2.75 bits per heavy atom. The van der Waals surface area contributed by atoms with Crippen molar-refractivity contribution in [3.05, 3.63) is 18.2 Å². The van der Waals surface area contributed by atoms with Crippen molar-refractivity contribution in [2.45, 2.75) is 12.7 Å². The van der Waals surface area contributed by atoms with E-state index in [1.165, 1.54) is 0 Å². The van der Waals surface area contributed by atoms with Gasteiger partial charge in [-0.3, -0.25) is 5.73 Å². The monoisotopic (exact) mass is 164 g/mol. The topological polar surface area (TPSA) is 76.1 Å². The third kappa shape index (κ3) is 0.967. The molecule has 1 unspecified atom stereocenters. The van der Waals surface area contributed by atoms with Crippen LogP contribution in [0.3, 0.4) is 0 Å². The molecule has 0 amide bonds. The highest BCUT2D eigenvalue weighted by molar-refractivity contribution is 5.85. The molecule has 0 aliphatic carbocycles. The number of nitrogen functional groups attached to an aromatic ring is 1. The van der Waals surface area contributed by atoms with E-state index in [-0.39, 0.29) is 0 Å². The Labute approximate surface area is 70.9 Å². The lowest BCUT2D eigenvalue weighted by molar-refractivity contribution is 0.637. The summed E-state index contributed by atoms with van der Waals surface area (Å²) in [5.74, 6) is -0.586. The van der Waals surface area contributed by atoms with Gasteiger partial charge in [0.1, 0.15) is 0 Å². The summed E-state index contributed by atoms with van der Waals surface area (Å²) in [6.45, 7) is 1.85. The lowest BCUT2D eigenvalue weighted by atomic mass is 10.2. The summed E-state index contributed by atoms with van der Waals surface area (Å²) < 4.78 is 0. The van der Waals surface area contributed by atoms with E-state index in [0.717, 1.165) is 11.4 Å². The van der Waals surface area contributed by atoms with Crippen LogP contribution in [0.15, 0.2) is 18.2 Å². The normalized spacial score (nSPS) is 25.8. The van der Waals surface area contributed by atoms with Crippen LogP contribution in [0.25, 0.3) is 0 Å². The molecule has 4 heteroatoms. The molecule has 0 radical (unpaired) electrons. The Kier molecular flexibility index (Phi) is 1.23. The molecule has 1 heterocycles. The highest BCUT2D eigenvalue weighted by Crippen LogP contribution is 2.35. The molecule has 4 nitrogen and oxygen atoms in total. The van der Waals surface area contributed by atoms with E-state index >= 15 is 0 Å². The van der Waals surface area contributed by atoms with Crippen molar-refractivity contribution >= 4 is 17.1 Å². The van der Waals surface area contributed by atoms with E-state index in [4.69, 9.17) is 11.5 Å². The van der Waals surface area contributed by atoms with Gasteiger partial charge in [0.2, 0.25) is 0 Å². The summed E-state index contributed by atoms with van der Waals surface area (Å²) in [5, 5.41) is 6.18. The number of fused-ring (bicyclic) bond motifs is 1. The van der Waals surface area contributed by atoms with Crippen LogP contribution in [-0.2, 0) is 0 Å². The molecule has 1 aromatic carbocycles. The second-order valence-corrected chi connectivity index (χ2v) is 3.22. The first-order valence-electron chi connectivity index (χ1n) is 3.82. The van der Waals surface area contributed by atoms with E-state index in [1.807, 2.05) is 25.1 Å². The first-order valence-corrected chi connectivity index (χ1v) is 3.82. The second kappa shape index (κ2) is 2.04. The van der Waals surface area contributed by atoms with Gasteiger partial charge in [-0.2, -0.15) is 0 Å². The van der Waals surface area contributed by atoms with Crippen molar-refractivity contribution in [1.29, 1.82) is 0 Å². The number of benzene rings is 1. The predicted molar refractivity (Wildman–Crippen MR) is 50.7 cm³/mol. The molecule has 1 aromatic rings. The standard InChI is InChI=1S/C8H12N4/c1-8(10)11-6-4-2-3-5(9)7(6)12-8/h2-4,11-12H,9-10H2,1H3. The molecule has 2 rings (SSSR count). The number of nitrogens with two attached hydrogens (primary N) is 2. The van der Waals surface area contributed by atoms with Gasteiger partial charge in [0.05, 0.1) is 17.1 Å². The van der Waals surface area contributed by atoms with Crippen molar-refractivity contribution in [2.75, 3.05) is 16.4 Å². The van der Waals surface area contributed by atoms with Gasteiger partial charge >= 0.3 is 0 Å². The number of para-hydroxylation sites is 1. The molecule has 0 spiro atoms. The Hall–Kier alpha value is -1.42. The first-order chi connectivity index (χ1) is 5.58. The minimum atomic E-state index is -0.586. The zero-order valence-electron chi connectivity index (χ0n) is 6.89. The number of hydrogen-bond acceptors (Lipinski definition) is 4. The maximum Gasteiger partial charge on any atom is 0.158 e. The van der Waals surface area contributed by atoms with Gasteiger partial charge in [-0.1, -0.05) is 6.07 Å². The lowest BCUT2D eigenvalue weighted by Gasteiger charge is -2.19.